The van der Waals surface area contributed by atoms with Crippen molar-refractivity contribution in [2.45, 2.75) is 26.3 Å². The lowest BCUT2D eigenvalue weighted by Gasteiger charge is -2.32. The fourth-order valence-corrected chi connectivity index (χ4v) is 4.19. The number of aromatic nitrogens is 2. The molecule has 6 heteroatoms. The van der Waals surface area contributed by atoms with Gasteiger partial charge in [-0.05, 0) is 56.0 Å². The van der Waals surface area contributed by atoms with Crippen LogP contribution in [-0.4, -0.2) is 40.6 Å². The SMILES string of the molecule is COc1ccc(Cl)cc1C(=O)N1CCC(Cn2c(C)nc3ccccc32)CC1. The highest BCUT2D eigenvalue weighted by atomic mass is 35.5. The van der Waals surface area contributed by atoms with E-state index in [1.165, 1.54) is 5.52 Å². The number of aryl methyl sites for hydroxylation is 1. The zero-order chi connectivity index (χ0) is 19.7. The first-order chi connectivity index (χ1) is 13.6. The van der Waals surface area contributed by atoms with Gasteiger partial charge in [-0.2, -0.15) is 0 Å². The molecule has 1 saturated heterocycles. The van der Waals surface area contributed by atoms with Gasteiger partial charge in [0.05, 0.1) is 23.7 Å². The van der Waals surface area contributed by atoms with Crippen molar-refractivity contribution in [1.82, 2.24) is 14.5 Å². The van der Waals surface area contributed by atoms with E-state index < -0.39 is 0 Å². The molecular formula is C22H24ClN3O2. The molecule has 1 amide bonds. The summed E-state index contributed by atoms with van der Waals surface area (Å²) in [6.45, 7) is 4.48. The van der Waals surface area contributed by atoms with E-state index in [2.05, 4.69) is 34.7 Å². The van der Waals surface area contributed by atoms with Crippen LogP contribution in [0.25, 0.3) is 11.0 Å². The molecule has 0 N–H and O–H groups in total. The first-order valence-corrected chi connectivity index (χ1v) is 9.99. The predicted molar refractivity (Wildman–Crippen MR) is 111 cm³/mol. The molecule has 0 saturated carbocycles. The van der Waals surface area contributed by atoms with Gasteiger partial charge in [0.15, 0.2) is 0 Å². The Kier molecular flexibility index (Phi) is 5.27. The molecule has 1 aliphatic rings. The van der Waals surface area contributed by atoms with Crippen molar-refractivity contribution >= 4 is 28.5 Å². The highest BCUT2D eigenvalue weighted by molar-refractivity contribution is 6.31. The number of hydrogen-bond donors (Lipinski definition) is 0. The molecule has 0 unspecified atom stereocenters. The molecule has 0 bridgehead atoms. The van der Waals surface area contributed by atoms with Crippen LogP contribution >= 0.6 is 11.6 Å². The Bertz CT molecular complexity index is 1010. The fraction of sp³-hybridized carbons (Fsp3) is 0.364. The lowest BCUT2D eigenvalue weighted by Crippen LogP contribution is -2.39. The maximum Gasteiger partial charge on any atom is 0.257 e. The lowest BCUT2D eigenvalue weighted by atomic mass is 9.96. The summed E-state index contributed by atoms with van der Waals surface area (Å²) in [5.41, 5.74) is 2.76. The summed E-state index contributed by atoms with van der Waals surface area (Å²) in [5, 5.41) is 0.543. The Balaban J connectivity index is 1.44. The van der Waals surface area contributed by atoms with E-state index in [9.17, 15) is 4.79 Å². The third-order valence-electron chi connectivity index (χ3n) is 5.58. The molecule has 1 aliphatic heterocycles. The van der Waals surface area contributed by atoms with Crippen molar-refractivity contribution in [3.8, 4) is 5.75 Å². The number of fused-ring (bicyclic) bond motifs is 1. The molecule has 2 aromatic carbocycles. The van der Waals surface area contributed by atoms with Crippen LogP contribution in [0.1, 0.15) is 29.0 Å². The van der Waals surface area contributed by atoms with Gasteiger partial charge in [0.1, 0.15) is 11.6 Å². The van der Waals surface area contributed by atoms with Crippen molar-refractivity contribution in [2.24, 2.45) is 5.92 Å². The largest absolute Gasteiger partial charge is 0.496 e. The van der Waals surface area contributed by atoms with Crippen LogP contribution in [0.4, 0.5) is 0 Å². The highest BCUT2D eigenvalue weighted by Gasteiger charge is 2.26. The second-order valence-electron chi connectivity index (χ2n) is 7.34. The Morgan fingerprint density at radius 2 is 1.96 bits per heavy atom. The number of methoxy groups -OCH3 is 1. The molecule has 0 spiro atoms. The fourth-order valence-electron chi connectivity index (χ4n) is 4.02. The van der Waals surface area contributed by atoms with Gasteiger partial charge in [-0.1, -0.05) is 23.7 Å². The van der Waals surface area contributed by atoms with Crippen LogP contribution in [0.5, 0.6) is 5.75 Å². The Morgan fingerprint density at radius 1 is 1.21 bits per heavy atom. The van der Waals surface area contributed by atoms with Crippen LogP contribution in [0.15, 0.2) is 42.5 Å². The number of benzene rings is 2. The summed E-state index contributed by atoms with van der Waals surface area (Å²) < 4.78 is 7.64. The maximum atomic E-state index is 13.0. The predicted octanol–water partition coefficient (Wildman–Crippen LogP) is 4.56. The molecule has 28 heavy (non-hydrogen) atoms. The number of piperidine rings is 1. The number of carbonyl (C=O) groups is 1. The van der Waals surface area contributed by atoms with Gasteiger partial charge in [0.25, 0.3) is 5.91 Å². The van der Waals surface area contributed by atoms with E-state index in [-0.39, 0.29) is 5.91 Å². The summed E-state index contributed by atoms with van der Waals surface area (Å²) in [7, 11) is 1.57. The molecule has 0 radical (unpaired) electrons. The third-order valence-corrected chi connectivity index (χ3v) is 5.81. The molecule has 3 aromatic rings. The molecule has 1 aromatic heterocycles. The Morgan fingerprint density at radius 3 is 2.71 bits per heavy atom. The van der Waals surface area contributed by atoms with Crippen LogP contribution in [0.3, 0.4) is 0 Å². The number of rotatable bonds is 4. The second-order valence-corrected chi connectivity index (χ2v) is 7.77. The van der Waals surface area contributed by atoms with E-state index in [0.717, 1.165) is 43.8 Å². The Labute approximate surface area is 169 Å². The van der Waals surface area contributed by atoms with Crippen LogP contribution in [0.2, 0.25) is 5.02 Å². The number of halogens is 1. The van der Waals surface area contributed by atoms with Crippen LogP contribution < -0.4 is 4.74 Å². The molecule has 2 heterocycles. The average molecular weight is 398 g/mol. The average Bonchev–Trinajstić information content (AvgIpc) is 3.03. The number of hydrogen-bond acceptors (Lipinski definition) is 3. The smallest absolute Gasteiger partial charge is 0.257 e. The van der Waals surface area contributed by atoms with Gasteiger partial charge in [-0.3, -0.25) is 4.79 Å². The minimum Gasteiger partial charge on any atom is -0.496 e. The lowest BCUT2D eigenvalue weighted by molar-refractivity contribution is 0.0679. The topological polar surface area (TPSA) is 47.4 Å². The number of imidazole rings is 1. The normalized spacial score (nSPS) is 15.2. The van der Waals surface area contributed by atoms with Gasteiger partial charge >= 0.3 is 0 Å². The van der Waals surface area contributed by atoms with E-state index >= 15 is 0 Å². The molecule has 146 valence electrons. The molecule has 4 rings (SSSR count). The molecule has 0 aliphatic carbocycles. The zero-order valence-electron chi connectivity index (χ0n) is 16.2. The van der Waals surface area contributed by atoms with Crippen LogP contribution in [-0.2, 0) is 6.54 Å². The molecule has 5 nitrogen and oxygen atoms in total. The number of para-hydroxylation sites is 2. The van der Waals surface area contributed by atoms with Crippen molar-refractivity contribution < 1.29 is 9.53 Å². The van der Waals surface area contributed by atoms with E-state index in [1.54, 1.807) is 25.3 Å². The molecule has 1 fully saturated rings. The van der Waals surface area contributed by atoms with Gasteiger partial charge in [0, 0.05) is 24.7 Å². The zero-order valence-corrected chi connectivity index (χ0v) is 16.9. The standard InChI is InChI=1S/C22H24ClN3O2/c1-15-24-19-5-3-4-6-20(19)26(15)14-16-9-11-25(12-10-16)22(27)18-13-17(23)7-8-21(18)28-2/h3-8,13,16H,9-12,14H2,1-2H3. The van der Waals surface area contributed by atoms with Crippen molar-refractivity contribution in [1.29, 1.82) is 0 Å². The summed E-state index contributed by atoms with van der Waals surface area (Å²) in [4.78, 5) is 19.5. The third kappa shape index (κ3) is 3.59. The van der Waals surface area contributed by atoms with Gasteiger partial charge < -0.3 is 14.2 Å². The first-order valence-electron chi connectivity index (χ1n) is 9.61. The van der Waals surface area contributed by atoms with Gasteiger partial charge in [0.2, 0.25) is 0 Å². The number of ether oxygens (including phenoxy) is 1. The van der Waals surface area contributed by atoms with E-state index in [0.29, 0.717) is 22.3 Å². The van der Waals surface area contributed by atoms with E-state index in [4.69, 9.17) is 16.3 Å². The number of carbonyl (C=O) groups excluding carboxylic acids is 1. The Hall–Kier alpha value is -2.53. The number of nitrogens with zero attached hydrogens (tertiary/aromatic N) is 3. The summed E-state index contributed by atoms with van der Waals surface area (Å²) in [6, 6.07) is 13.4. The summed E-state index contributed by atoms with van der Waals surface area (Å²) in [5.74, 6) is 2.13. The van der Waals surface area contributed by atoms with Crippen LogP contribution in [0, 0.1) is 12.8 Å². The quantitative estimate of drug-likeness (QED) is 0.648. The van der Waals surface area contributed by atoms with E-state index in [1.807, 2.05) is 11.0 Å². The molecule has 0 atom stereocenters. The van der Waals surface area contributed by atoms with Crippen molar-refractivity contribution in [3.63, 3.8) is 0 Å². The van der Waals surface area contributed by atoms with Crippen molar-refractivity contribution in [3.05, 3.63) is 58.9 Å². The van der Waals surface area contributed by atoms with Gasteiger partial charge in [-0.25, -0.2) is 4.98 Å². The summed E-state index contributed by atoms with van der Waals surface area (Å²) >= 11 is 6.09. The minimum absolute atomic E-state index is 0.0120. The number of amides is 1. The van der Waals surface area contributed by atoms with Crippen molar-refractivity contribution in [2.75, 3.05) is 20.2 Å². The minimum atomic E-state index is -0.0120. The molecular weight excluding hydrogens is 374 g/mol. The maximum absolute atomic E-state index is 13.0. The second kappa shape index (κ2) is 7.84. The summed E-state index contributed by atoms with van der Waals surface area (Å²) in [6.07, 6.45) is 1.95. The van der Waals surface area contributed by atoms with Gasteiger partial charge in [-0.15, -0.1) is 0 Å². The number of likely N-dealkylation sites (tertiary alicyclic amines) is 1. The monoisotopic (exact) mass is 397 g/mol. The highest BCUT2D eigenvalue weighted by Crippen LogP contribution is 2.28. The first kappa shape index (κ1) is 18.8.